The molecule has 0 saturated carbocycles. The molecule has 2 heterocycles. The van der Waals surface area contributed by atoms with Gasteiger partial charge in [-0.05, 0) is 29.2 Å². The van der Waals surface area contributed by atoms with E-state index in [4.69, 9.17) is 5.26 Å². The molecular formula is C25H30N6O. The summed E-state index contributed by atoms with van der Waals surface area (Å²) in [6.45, 7) is 12.0. The molecule has 1 amide bonds. The topological polar surface area (TPSA) is 76.4 Å². The third kappa shape index (κ3) is 7.08. The van der Waals surface area contributed by atoms with Crippen LogP contribution in [0.2, 0.25) is 0 Å². The van der Waals surface area contributed by atoms with Crippen LogP contribution < -0.4 is 4.90 Å². The molecule has 32 heavy (non-hydrogen) atoms. The summed E-state index contributed by atoms with van der Waals surface area (Å²) in [5, 5.41) is 9.15. The number of carbonyl (C=O) groups excluding carboxylic acids is 1. The van der Waals surface area contributed by atoms with Crippen molar-refractivity contribution in [2.45, 2.75) is 27.3 Å². The standard InChI is InChI=1S/C25H30N6O/c1-25(2,3)19-31(24-10-11-27-23(17-26)28-24)18-22-8-6-21(7-9-22)5-4-12-29-13-15-30(20-32)16-14-29/h6-11,20H,12-16,18-19H2,1-3H3. The molecule has 1 aliphatic heterocycles. The Morgan fingerprint density at radius 1 is 1.12 bits per heavy atom. The number of aromatic nitrogens is 2. The number of nitriles is 1. The Balaban J connectivity index is 1.63. The zero-order chi connectivity index (χ0) is 23.0. The second-order valence-electron chi connectivity index (χ2n) is 9.18. The van der Waals surface area contributed by atoms with Crippen molar-refractivity contribution in [3.05, 3.63) is 53.5 Å². The number of anilines is 1. The average Bonchev–Trinajstić information content (AvgIpc) is 2.79. The van der Waals surface area contributed by atoms with E-state index in [-0.39, 0.29) is 11.2 Å². The Morgan fingerprint density at radius 3 is 2.47 bits per heavy atom. The first-order valence-electron chi connectivity index (χ1n) is 10.8. The maximum Gasteiger partial charge on any atom is 0.234 e. The highest BCUT2D eigenvalue weighted by molar-refractivity contribution is 5.47. The molecule has 7 nitrogen and oxygen atoms in total. The summed E-state index contributed by atoms with van der Waals surface area (Å²) >= 11 is 0. The number of hydrogen-bond acceptors (Lipinski definition) is 6. The van der Waals surface area contributed by atoms with Crippen LogP contribution >= 0.6 is 0 Å². The predicted molar refractivity (Wildman–Crippen MR) is 125 cm³/mol. The van der Waals surface area contributed by atoms with E-state index in [1.165, 1.54) is 0 Å². The zero-order valence-electron chi connectivity index (χ0n) is 19.1. The van der Waals surface area contributed by atoms with Gasteiger partial charge in [0, 0.05) is 51.0 Å². The van der Waals surface area contributed by atoms with E-state index in [0.717, 1.165) is 56.1 Å². The highest BCUT2D eigenvalue weighted by Crippen LogP contribution is 2.22. The SMILES string of the molecule is CC(C)(C)CN(Cc1ccc(C#CCN2CCN(C=O)CC2)cc1)c1ccnc(C#N)n1. The third-order valence-electron chi connectivity index (χ3n) is 5.15. The van der Waals surface area contributed by atoms with Crippen molar-refractivity contribution in [1.29, 1.82) is 5.26 Å². The van der Waals surface area contributed by atoms with Gasteiger partial charge in [0.1, 0.15) is 11.9 Å². The van der Waals surface area contributed by atoms with E-state index in [1.54, 1.807) is 11.1 Å². The van der Waals surface area contributed by atoms with Crippen LogP contribution in [0.15, 0.2) is 36.5 Å². The first-order valence-corrected chi connectivity index (χ1v) is 10.8. The van der Waals surface area contributed by atoms with Crippen LogP contribution in [0.25, 0.3) is 0 Å². The smallest absolute Gasteiger partial charge is 0.234 e. The number of carbonyl (C=O) groups is 1. The van der Waals surface area contributed by atoms with Gasteiger partial charge in [-0.3, -0.25) is 9.69 Å². The fraction of sp³-hybridized carbons (Fsp3) is 0.440. The van der Waals surface area contributed by atoms with Crippen molar-refractivity contribution < 1.29 is 4.79 Å². The Bertz CT molecular complexity index is 1000. The molecule has 2 aromatic rings. The molecule has 0 atom stereocenters. The molecule has 3 rings (SSSR count). The normalized spacial score (nSPS) is 14.2. The summed E-state index contributed by atoms with van der Waals surface area (Å²) in [5.74, 6) is 7.42. The van der Waals surface area contributed by atoms with Gasteiger partial charge in [-0.15, -0.1) is 0 Å². The molecule has 7 heteroatoms. The van der Waals surface area contributed by atoms with Crippen LogP contribution in [0.3, 0.4) is 0 Å². The molecule has 1 aromatic carbocycles. The number of rotatable bonds is 6. The lowest BCUT2D eigenvalue weighted by Crippen LogP contribution is -2.45. The molecular weight excluding hydrogens is 400 g/mol. The van der Waals surface area contributed by atoms with Gasteiger partial charge in [0.2, 0.25) is 12.2 Å². The Hall–Kier alpha value is -3.42. The maximum atomic E-state index is 10.8. The van der Waals surface area contributed by atoms with Gasteiger partial charge >= 0.3 is 0 Å². The van der Waals surface area contributed by atoms with Crippen LogP contribution in [0, 0.1) is 28.6 Å². The molecule has 1 aromatic heterocycles. The molecule has 0 spiro atoms. The van der Waals surface area contributed by atoms with Gasteiger partial charge in [0.25, 0.3) is 0 Å². The van der Waals surface area contributed by atoms with E-state index < -0.39 is 0 Å². The van der Waals surface area contributed by atoms with Crippen molar-refractivity contribution >= 4 is 12.2 Å². The highest BCUT2D eigenvalue weighted by atomic mass is 16.1. The van der Waals surface area contributed by atoms with E-state index in [0.29, 0.717) is 13.1 Å². The van der Waals surface area contributed by atoms with Crippen LogP contribution in [-0.2, 0) is 11.3 Å². The van der Waals surface area contributed by atoms with E-state index in [2.05, 4.69) is 64.5 Å². The highest BCUT2D eigenvalue weighted by Gasteiger charge is 2.19. The number of piperazine rings is 1. The van der Waals surface area contributed by atoms with Crippen LogP contribution in [0.1, 0.15) is 37.7 Å². The van der Waals surface area contributed by atoms with Crippen molar-refractivity contribution in [2.75, 3.05) is 44.2 Å². The molecule has 166 valence electrons. The lowest BCUT2D eigenvalue weighted by atomic mass is 9.95. The van der Waals surface area contributed by atoms with Crippen molar-refractivity contribution in [2.24, 2.45) is 5.41 Å². The Kier molecular flexibility index (Phi) is 7.81. The van der Waals surface area contributed by atoms with Crippen molar-refractivity contribution in [1.82, 2.24) is 19.8 Å². The number of hydrogen-bond donors (Lipinski definition) is 0. The fourth-order valence-corrected chi connectivity index (χ4v) is 3.56. The minimum atomic E-state index is 0.0698. The van der Waals surface area contributed by atoms with Gasteiger partial charge in [-0.2, -0.15) is 5.26 Å². The van der Waals surface area contributed by atoms with Crippen LogP contribution in [0.4, 0.5) is 5.82 Å². The van der Waals surface area contributed by atoms with Gasteiger partial charge in [0.05, 0.1) is 6.54 Å². The average molecular weight is 431 g/mol. The molecule has 0 radical (unpaired) electrons. The maximum absolute atomic E-state index is 10.8. The van der Waals surface area contributed by atoms with Gasteiger partial charge < -0.3 is 9.80 Å². The number of nitrogens with zero attached hydrogens (tertiary/aromatic N) is 6. The van der Waals surface area contributed by atoms with Gasteiger partial charge in [0.15, 0.2) is 0 Å². The lowest BCUT2D eigenvalue weighted by Gasteiger charge is -2.31. The molecule has 0 aliphatic carbocycles. The zero-order valence-corrected chi connectivity index (χ0v) is 19.1. The second-order valence-corrected chi connectivity index (χ2v) is 9.18. The predicted octanol–water partition coefficient (Wildman–Crippen LogP) is 2.53. The monoisotopic (exact) mass is 430 g/mol. The second kappa shape index (κ2) is 10.7. The molecule has 1 saturated heterocycles. The molecule has 1 aliphatic rings. The largest absolute Gasteiger partial charge is 0.352 e. The minimum Gasteiger partial charge on any atom is -0.352 e. The molecule has 0 bridgehead atoms. The summed E-state index contributed by atoms with van der Waals surface area (Å²) in [5.41, 5.74) is 2.21. The lowest BCUT2D eigenvalue weighted by molar-refractivity contribution is -0.119. The van der Waals surface area contributed by atoms with Gasteiger partial charge in [-0.1, -0.05) is 44.7 Å². The Morgan fingerprint density at radius 2 is 1.84 bits per heavy atom. The quantitative estimate of drug-likeness (QED) is 0.518. The van der Waals surface area contributed by atoms with E-state index in [1.807, 2.05) is 24.3 Å². The summed E-state index contributed by atoms with van der Waals surface area (Å²) in [6.07, 6.45) is 2.55. The molecule has 0 unspecified atom stereocenters. The summed E-state index contributed by atoms with van der Waals surface area (Å²) in [6, 6.07) is 12.1. The summed E-state index contributed by atoms with van der Waals surface area (Å²) in [7, 11) is 0. The number of amides is 1. The Labute approximate surface area is 190 Å². The van der Waals surface area contributed by atoms with Crippen LogP contribution in [0.5, 0.6) is 0 Å². The third-order valence-corrected chi connectivity index (χ3v) is 5.15. The summed E-state index contributed by atoms with van der Waals surface area (Å²) in [4.78, 5) is 25.4. The minimum absolute atomic E-state index is 0.0698. The molecule has 1 fully saturated rings. The van der Waals surface area contributed by atoms with E-state index >= 15 is 0 Å². The first kappa shape index (κ1) is 23.2. The molecule has 0 N–H and O–H groups in total. The van der Waals surface area contributed by atoms with Crippen molar-refractivity contribution in [3.8, 4) is 17.9 Å². The first-order chi connectivity index (χ1) is 15.4. The fourth-order valence-electron chi connectivity index (χ4n) is 3.56. The van der Waals surface area contributed by atoms with E-state index in [9.17, 15) is 4.79 Å². The summed E-state index contributed by atoms with van der Waals surface area (Å²) < 4.78 is 0. The van der Waals surface area contributed by atoms with Crippen LogP contribution in [-0.4, -0.2) is 65.4 Å². The number of benzene rings is 1. The van der Waals surface area contributed by atoms with Crippen molar-refractivity contribution in [3.63, 3.8) is 0 Å². The van der Waals surface area contributed by atoms with Gasteiger partial charge in [-0.25, -0.2) is 9.97 Å².